The van der Waals surface area contributed by atoms with Crippen molar-refractivity contribution in [3.63, 3.8) is 0 Å². The summed E-state index contributed by atoms with van der Waals surface area (Å²) in [5.41, 5.74) is 4.99. The maximum Gasteiger partial charge on any atom is 0.297 e. The molecule has 1 saturated heterocycles. The second-order valence-corrected chi connectivity index (χ2v) is 6.64. The van der Waals surface area contributed by atoms with Crippen molar-refractivity contribution in [2.45, 2.75) is 23.3 Å². The highest BCUT2D eigenvalue weighted by molar-refractivity contribution is 7.86. The van der Waals surface area contributed by atoms with E-state index in [9.17, 15) is 26.8 Å². The fourth-order valence-electron chi connectivity index (χ4n) is 2.20. The molecule has 1 atom stereocenters. The standard InChI is InChI=1S/C13H14F2N2O5S/c14-13(15)6-10(12(16)19)17(8-13)11(18)7-22-23(20,21)9-4-2-1-3-5-9/h1-5,10H,6-8H2,(H2,16,19)/t10-/m0/s1. The molecule has 0 spiro atoms. The maximum absolute atomic E-state index is 13.3. The number of alkyl halides is 2. The summed E-state index contributed by atoms with van der Waals surface area (Å²) in [4.78, 5) is 23.5. The summed E-state index contributed by atoms with van der Waals surface area (Å²) in [6, 6.07) is 5.55. The molecule has 10 heteroatoms. The molecule has 1 heterocycles. The molecule has 7 nitrogen and oxygen atoms in total. The minimum atomic E-state index is -4.20. The lowest BCUT2D eigenvalue weighted by Crippen LogP contribution is -2.45. The first-order chi connectivity index (χ1) is 10.6. The van der Waals surface area contributed by atoms with Crippen LogP contribution >= 0.6 is 0 Å². The molecule has 1 aromatic carbocycles. The summed E-state index contributed by atoms with van der Waals surface area (Å²) in [5.74, 6) is -5.39. The number of primary amides is 1. The predicted molar refractivity (Wildman–Crippen MR) is 73.8 cm³/mol. The number of nitrogens with zero attached hydrogens (tertiary/aromatic N) is 1. The third-order valence-corrected chi connectivity index (χ3v) is 4.57. The van der Waals surface area contributed by atoms with E-state index < -0.39 is 53.5 Å². The van der Waals surface area contributed by atoms with E-state index in [1.54, 1.807) is 6.07 Å². The summed E-state index contributed by atoms with van der Waals surface area (Å²) in [6.45, 7) is -1.99. The van der Waals surface area contributed by atoms with Gasteiger partial charge in [0.05, 0.1) is 11.4 Å². The Morgan fingerprint density at radius 1 is 1.30 bits per heavy atom. The predicted octanol–water partition coefficient (Wildman–Crippen LogP) is 0.113. The molecule has 1 aliphatic heterocycles. The maximum atomic E-state index is 13.3. The fraction of sp³-hybridized carbons (Fsp3) is 0.385. The van der Waals surface area contributed by atoms with Gasteiger partial charge in [0, 0.05) is 6.42 Å². The third kappa shape index (κ3) is 4.02. The van der Waals surface area contributed by atoms with E-state index in [0.29, 0.717) is 4.90 Å². The number of hydrogen-bond donors (Lipinski definition) is 1. The Bertz CT molecular complexity index is 708. The number of rotatable bonds is 5. The molecular formula is C13H14F2N2O5S. The van der Waals surface area contributed by atoms with Crippen molar-refractivity contribution < 1.29 is 31.0 Å². The van der Waals surface area contributed by atoms with Gasteiger partial charge < -0.3 is 10.6 Å². The van der Waals surface area contributed by atoms with Crippen LogP contribution in [0.4, 0.5) is 8.78 Å². The first kappa shape index (κ1) is 17.3. The minimum absolute atomic E-state index is 0.175. The first-order valence-corrected chi connectivity index (χ1v) is 7.94. The number of amides is 2. The van der Waals surface area contributed by atoms with E-state index in [1.165, 1.54) is 24.3 Å². The Kier molecular flexibility index (Phi) is 4.66. The Hall–Kier alpha value is -2.07. The lowest BCUT2D eigenvalue weighted by atomic mass is 10.2. The summed E-state index contributed by atoms with van der Waals surface area (Å²) in [5, 5.41) is 0. The number of carbonyl (C=O) groups is 2. The van der Waals surface area contributed by atoms with Gasteiger partial charge in [-0.25, -0.2) is 8.78 Å². The Balaban J connectivity index is 2.06. The van der Waals surface area contributed by atoms with Crippen LogP contribution in [0.25, 0.3) is 0 Å². The van der Waals surface area contributed by atoms with Crippen molar-refractivity contribution in [2.24, 2.45) is 5.73 Å². The molecule has 0 aromatic heterocycles. The van der Waals surface area contributed by atoms with Crippen molar-refractivity contribution in [2.75, 3.05) is 13.2 Å². The highest BCUT2D eigenvalue weighted by Gasteiger charge is 2.49. The molecule has 0 radical (unpaired) electrons. The lowest BCUT2D eigenvalue weighted by molar-refractivity contribution is -0.139. The van der Waals surface area contributed by atoms with Crippen LogP contribution in [0.2, 0.25) is 0 Å². The van der Waals surface area contributed by atoms with Gasteiger partial charge in [-0.2, -0.15) is 8.42 Å². The van der Waals surface area contributed by atoms with Gasteiger partial charge in [-0.1, -0.05) is 18.2 Å². The molecule has 0 unspecified atom stereocenters. The normalized spacial score (nSPS) is 20.4. The average molecular weight is 348 g/mol. The van der Waals surface area contributed by atoms with Crippen molar-refractivity contribution in [3.8, 4) is 0 Å². The molecule has 0 aliphatic carbocycles. The Labute approximate surface area is 131 Å². The topological polar surface area (TPSA) is 107 Å². The molecule has 1 aromatic rings. The lowest BCUT2D eigenvalue weighted by Gasteiger charge is -2.21. The summed E-state index contributed by atoms with van der Waals surface area (Å²) in [6.07, 6.45) is -0.889. The van der Waals surface area contributed by atoms with Gasteiger partial charge in [-0.05, 0) is 12.1 Å². The number of carbonyl (C=O) groups excluding carboxylic acids is 2. The van der Waals surface area contributed by atoms with Gasteiger partial charge in [-0.15, -0.1) is 0 Å². The zero-order valence-electron chi connectivity index (χ0n) is 11.8. The quantitative estimate of drug-likeness (QED) is 0.760. The fourth-order valence-corrected chi connectivity index (χ4v) is 3.08. The smallest absolute Gasteiger partial charge is 0.297 e. The molecule has 0 saturated carbocycles. The summed E-state index contributed by atoms with van der Waals surface area (Å²) in [7, 11) is -4.20. The van der Waals surface area contributed by atoms with E-state index in [2.05, 4.69) is 4.18 Å². The van der Waals surface area contributed by atoms with E-state index in [-0.39, 0.29) is 4.90 Å². The van der Waals surface area contributed by atoms with E-state index >= 15 is 0 Å². The van der Waals surface area contributed by atoms with Gasteiger partial charge in [0.1, 0.15) is 12.6 Å². The molecule has 23 heavy (non-hydrogen) atoms. The van der Waals surface area contributed by atoms with Crippen LogP contribution < -0.4 is 5.73 Å². The number of nitrogens with two attached hydrogens (primary N) is 1. The zero-order chi connectivity index (χ0) is 17.3. The Morgan fingerprint density at radius 3 is 2.48 bits per heavy atom. The van der Waals surface area contributed by atoms with Crippen molar-refractivity contribution in [3.05, 3.63) is 30.3 Å². The van der Waals surface area contributed by atoms with Crippen LogP contribution in [0.15, 0.2) is 35.2 Å². The average Bonchev–Trinajstić information content (AvgIpc) is 2.82. The molecule has 2 amide bonds. The van der Waals surface area contributed by atoms with Crippen molar-refractivity contribution in [1.29, 1.82) is 0 Å². The third-order valence-electron chi connectivity index (χ3n) is 3.29. The van der Waals surface area contributed by atoms with Gasteiger partial charge >= 0.3 is 0 Å². The van der Waals surface area contributed by atoms with Crippen molar-refractivity contribution in [1.82, 2.24) is 4.90 Å². The zero-order valence-corrected chi connectivity index (χ0v) is 12.6. The highest BCUT2D eigenvalue weighted by atomic mass is 32.2. The summed E-state index contributed by atoms with van der Waals surface area (Å²) >= 11 is 0. The van der Waals surface area contributed by atoms with Gasteiger partial charge in [0.2, 0.25) is 5.91 Å². The van der Waals surface area contributed by atoms with Crippen LogP contribution in [0.3, 0.4) is 0 Å². The number of halogens is 2. The Morgan fingerprint density at radius 2 is 1.91 bits per heavy atom. The number of likely N-dealkylation sites (tertiary alicyclic amines) is 1. The molecule has 2 N–H and O–H groups in total. The number of hydrogen-bond acceptors (Lipinski definition) is 5. The molecule has 126 valence electrons. The van der Waals surface area contributed by atoms with Crippen LogP contribution in [0, 0.1) is 0 Å². The van der Waals surface area contributed by atoms with Crippen LogP contribution in [0.5, 0.6) is 0 Å². The van der Waals surface area contributed by atoms with E-state index in [4.69, 9.17) is 5.73 Å². The molecular weight excluding hydrogens is 334 g/mol. The number of benzene rings is 1. The molecule has 1 aliphatic rings. The second-order valence-electron chi connectivity index (χ2n) is 5.03. The van der Waals surface area contributed by atoms with Crippen LogP contribution in [0.1, 0.15) is 6.42 Å². The van der Waals surface area contributed by atoms with E-state index in [0.717, 1.165) is 0 Å². The van der Waals surface area contributed by atoms with E-state index in [1.807, 2.05) is 0 Å². The van der Waals surface area contributed by atoms with Crippen molar-refractivity contribution >= 4 is 21.9 Å². The molecule has 2 rings (SSSR count). The van der Waals surface area contributed by atoms with Crippen LogP contribution in [-0.4, -0.2) is 50.2 Å². The van der Waals surface area contributed by atoms with Crippen LogP contribution in [-0.2, 0) is 23.9 Å². The molecule has 1 fully saturated rings. The van der Waals surface area contributed by atoms with Gasteiger partial charge in [0.25, 0.3) is 21.9 Å². The largest absolute Gasteiger partial charge is 0.368 e. The summed E-state index contributed by atoms with van der Waals surface area (Å²) < 4.78 is 55.0. The van der Waals surface area contributed by atoms with Gasteiger partial charge in [-0.3, -0.25) is 13.8 Å². The molecule has 0 bridgehead atoms. The van der Waals surface area contributed by atoms with Gasteiger partial charge in [0.15, 0.2) is 0 Å². The minimum Gasteiger partial charge on any atom is -0.368 e. The second kappa shape index (κ2) is 6.20. The monoisotopic (exact) mass is 348 g/mol. The highest BCUT2D eigenvalue weighted by Crippen LogP contribution is 2.32. The first-order valence-electron chi connectivity index (χ1n) is 6.53. The SMILES string of the molecule is NC(=O)[C@@H]1CC(F)(F)CN1C(=O)COS(=O)(=O)c1ccccc1.